The first-order valence-electron chi connectivity index (χ1n) is 9.77. The Bertz CT molecular complexity index is 583. The predicted octanol–water partition coefficient (Wildman–Crippen LogP) is 2.42. The van der Waals surface area contributed by atoms with Gasteiger partial charge >= 0.3 is 0 Å². The maximum absolute atomic E-state index is 5.72. The second kappa shape index (κ2) is 12.4. The molecule has 150 valence electrons. The Labute approximate surface area is 163 Å². The van der Waals surface area contributed by atoms with Crippen molar-refractivity contribution in [3.05, 3.63) is 42.5 Å². The van der Waals surface area contributed by atoms with Crippen molar-refractivity contribution in [3.8, 4) is 5.75 Å². The molecule has 0 amide bonds. The molecule has 1 aliphatic heterocycles. The molecule has 0 unspecified atom stereocenters. The molecule has 2 rings (SSSR count). The quantitative estimate of drug-likeness (QED) is 0.285. The minimum Gasteiger partial charge on any atom is -0.489 e. The number of benzene rings is 1. The molecule has 0 radical (unpaired) electrons. The van der Waals surface area contributed by atoms with Crippen LogP contribution in [0.15, 0.2) is 41.9 Å². The van der Waals surface area contributed by atoms with Crippen LogP contribution in [0.3, 0.4) is 0 Å². The molecule has 27 heavy (non-hydrogen) atoms. The number of methoxy groups -OCH3 is 1. The van der Waals surface area contributed by atoms with Crippen LogP contribution in [-0.4, -0.2) is 63.9 Å². The maximum atomic E-state index is 5.72. The lowest BCUT2D eigenvalue weighted by Crippen LogP contribution is -2.48. The number of aliphatic imine (C=N–C) groups is 1. The van der Waals surface area contributed by atoms with E-state index in [0.29, 0.717) is 19.2 Å². The largest absolute Gasteiger partial charge is 0.489 e. The van der Waals surface area contributed by atoms with Crippen LogP contribution in [0.2, 0.25) is 0 Å². The standard InChI is InChI=1S/C21H34N4O2/c1-4-15-27-20-9-6-5-8-18(20)17-23-21(22-2)24-19-10-13-25(14-11-19)12-7-16-26-3/h4-6,8-9,19H,1,7,10-17H2,2-3H3,(H2,22,23,24). The first-order chi connectivity index (χ1) is 13.3. The predicted molar refractivity (Wildman–Crippen MR) is 111 cm³/mol. The molecular weight excluding hydrogens is 340 g/mol. The first-order valence-corrected chi connectivity index (χ1v) is 9.77. The summed E-state index contributed by atoms with van der Waals surface area (Å²) in [7, 11) is 3.58. The molecule has 1 saturated heterocycles. The molecule has 1 aromatic carbocycles. The van der Waals surface area contributed by atoms with Gasteiger partial charge in [-0.3, -0.25) is 4.99 Å². The highest BCUT2D eigenvalue weighted by Gasteiger charge is 2.19. The van der Waals surface area contributed by atoms with Gasteiger partial charge in [0.2, 0.25) is 0 Å². The van der Waals surface area contributed by atoms with Gasteiger partial charge in [0.15, 0.2) is 5.96 Å². The van der Waals surface area contributed by atoms with E-state index in [-0.39, 0.29) is 0 Å². The van der Waals surface area contributed by atoms with E-state index in [2.05, 4.69) is 33.2 Å². The first kappa shape index (κ1) is 21.3. The highest BCUT2D eigenvalue weighted by Crippen LogP contribution is 2.17. The molecule has 0 atom stereocenters. The van der Waals surface area contributed by atoms with Gasteiger partial charge in [-0.1, -0.05) is 30.9 Å². The highest BCUT2D eigenvalue weighted by molar-refractivity contribution is 5.80. The lowest BCUT2D eigenvalue weighted by molar-refractivity contribution is 0.155. The Kier molecular flexibility index (Phi) is 9.73. The molecule has 1 aliphatic rings. The summed E-state index contributed by atoms with van der Waals surface area (Å²) in [6.07, 6.45) is 5.12. The number of likely N-dealkylation sites (tertiary alicyclic amines) is 1. The number of ether oxygens (including phenoxy) is 2. The number of hydrogen-bond acceptors (Lipinski definition) is 4. The van der Waals surface area contributed by atoms with E-state index in [9.17, 15) is 0 Å². The van der Waals surface area contributed by atoms with Crippen molar-refractivity contribution in [1.82, 2.24) is 15.5 Å². The number of guanidine groups is 1. The minimum absolute atomic E-state index is 0.460. The van der Waals surface area contributed by atoms with E-state index < -0.39 is 0 Å². The van der Waals surface area contributed by atoms with Gasteiger partial charge in [-0.2, -0.15) is 0 Å². The van der Waals surface area contributed by atoms with Crippen LogP contribution in [0.5, 0.6) is 5.75 Å². The van der Waals surface area contributed by atoms with Crippen LogP contribution in [0.25, 0.3) is 0 Å². The molecule has 1 aromatic rings. The molecule has 6 heteroatoms. The molecule has 2 N–H and O–H groups in total. The second-order valence-electron chi connectivity index (χ2n) is 6.74. The van der Waals surface area contributed by atoms with E-state index in [4.69, 9.17) is 9.47 Å². The monoisotopic (exact) mass is 374 g/mol. The Hall–Kier alpha value is -2.05. The maximum Gasteiger partial charge on any atom is 0.191 e. The van der Waals surface area contributed by atoms with Crippen molar-refractivity contribution < 1.29 is 9.47 Å². The summed E-state index contributed by atoms with van der Waals surface area (Å²) in [5, 5.41) is 6.96. The van der Waals surface area contributed by atoms with Gasteiger partial charge in [0.05, 0.1) is 0 Å². The van der Waals surface area contributed by atoms with Crippen molar-refractivity contribution in [2.24, 2.45) is 4.99 Å². The topological polar surface area (TPSA) is 58.1 Å². The molecule has 0 saturated carbocycles. The van der Waals surface area contributed by atoms with E-state index in [0.717, 1.165) is 62.8 Å². The SMILES string of the molecule is C=CCOc1ccccc1CNC(=NC)NC1CCN(CCCOC)CC1. The summed E-state index contributed by atoms with van der Waals surface area (Å²) < 4.78 is 10.9. The van der Waals surface area contributed by atoms with Crippen molar-refractivity contribution in [2.75, 3.05) is 47.0 Å². The number of nitrogens with one attached hydrogen (secondary N) is 2. The van der Waals surface area contributed by atoms with Crippen molar-refractivity contribution in [2.45, 2.75) is 31.8 Å². The van der Waals surface area contributed by atoms with E-state index >= 15 is 0 Å². The summed E-state index contributed by atoms with van der Waals surface area (Å²) in [5.74, 6) is 1.72. The van der Waals surface area contributed by atoms with Crippen LogP contribution >= 0.6 is 0 Å². The molecule has 0 bridgehead atoms. The van der Waals surface area contributed by atoms with Gasteiger partial charge in [-0.15, -0.1) is 0 Å². The number of hydrogen-bond donors (Lipinski definition) is 2. The van der Waals surface area contributed by atoms with Crippen LogP contribution in [-0.2, 0) is 11.3 Å². The third kappa shape index (κ3) is 7.61. The fraction of sp³-hybridized carbons (Fsp3) is 0.571. The van der Waals surface area contributed by atoms with Crippen LogP contribution in [0.4, 0.5) is 0 Å². The van der Waals surface area contributed by atoms with Gasteiger partial charge in [-0.05, 0) is 25.3 Å². The molecular formula is C21H34N4O2. The van der Waals surface area contributed by atoms with E-state index in [1.807, 2.05) is 25.2 Å². The van der Waals surface area contributed by atoms with Crippen molar-refractivity contribution >= 4 is 5.96 Å². The number of piperidine rings is 1. The lowest BCUT2D eigenvalue weighted by atomic mass is 10.1. The third-order valence-corrected chi connectivity index (χ3v) is 4.75. The molecule has 1 heterocycles. The van der Waals surface area contributed by atoms with Gasteiger partial charge in [0, 0.05) is 58.5 Å². The Morgan fingerprint density at radius 3 is 2.81 bits per heavy atom. The Morgan fingerprint density at radius 1 is 1.33 bits per heavy atom. The third-order valence-electron chi connectivity index (χ3n) is 4.75. The zero-order chi connectivity index (χ0) is 19.3. The fourth-order valence-electron chi connectivity index (χ4n) is 3.24. The smallest absolute Gasteiger partial charge is 0.191 e. The Balaban J connectivity index is 1.76. The van der Waals surface area contributed by atoms with Gasteiger partial charge in [0.1, 0.15) is 12.4 Å². The number of nitrogens with zero attached hydrogens (tertiary/aromatic N) is 2. The molecule has 0 aliphatic carbocycles. The van der Waals surface area contributed by atoms with Crippen LogP contribution in [0.1, 0.15) is 24.8 Å². The summed E-state index contributed by atoms with van der Waals surface area (Å²) in [5.41, 5.74) is 1.11. The molecule has 0 aromatic heterocycles. The van der Waals surface area contributed by atoms with E-state index in [1.165, 1.54) is 0 Å². The Morgan fingerprint density at radius 2 is 2.11 bits per heavy atom. The lowest BCUT2D eigenvalue weighted by Gasteiger charge is -2.33. The zero-order valence-corrected chi connectivity index (χ0v) is 16.7. The second-order valence-corrected chi connectivity index (χ2v) is 6.74. The molecule has 1 fully saturated rings. The summed E-state index contributed by atoms with van der Waals surface area (Å²) >= 11 is 0. The van der Waals surface area contributed by atoms with Crippen molar-refractivity contribution in [3.63, 3.8) is 0 Å². The normalized spacial score (nSPS) is 16.1. The molecule has 0 spiro atoms. The average molecular weight is 375 g/mol. The van der Waals surface area contributed by atoms with Gasteiger partial charge in [0.25, 0.3) is 0 Å². The number of para-hydroxylation sites is 1. The average Bonchev–Trinajstić information content (AvgIpc) is 2.71. The number of rotatable bonds is 10. The fourth-order valence-corrected chi connectivity index (χ4v) is 3.24. The zero-order valence-electron chi connectivity index (χ0n) is 16.7. The highest BCUT2D eigenvalue weighted by atomic mass is 16.5. The summed E-state index contributed by atoms with van der Waals surface area (Å²) in [6.45, 7) is 9.08. The van der Waals surface area contributed by atoms with Crippen molar-refractivity contribution in [1.29, 1.82) is 0 Å². The van der Waals surface area contributed by atoms with E-state index in [1.54, 1.807) is 13.2 Å². The summed E-state index contributed by atoms with van der Waals surface area (Å²) in [6, 6.07) is 8.51. The van der Waals surface area contributed by atoms with Crippen LogP contribution < -0.4 is 15.4 Å². The minimum atomic E-state index is 0.460. The van der Waals surface area contributed by atoms with Gasteiger partial charge in [-0.25, -0.2) is 0 Å². The van der Waals surface area contributed by atoms with Crippen LogP contribution in [0, 0.1) is 0 Å². The molecule has 6 nitrogen and oxygen atoms in total. The van der Waals surface area contributed by atoms with Gasteiger partial charge < -0.3 is 25.0 Å². The summed E-state index contributed by atoms with van der Waals surface area (Å²) in [4.78, 5) is 6.89.